The number of amides is 1. The molecule has 112 valence electrons. The van der Waals surface area contributed by atoms with E-state index in [1.54, 1.807) is 11.9 Å². The first-order valence-corrected chi connectivity index (χ1v) is 7.26. The fourth-order valence-electron chi connectivity index (χ4n) is 2.25. The highest BCUT2D eigenvalue weighted by molar-refractivity contribution is 6.31. The van der Waals surface area contributed by atoms with Gasteiger partial charge in [0.2, 0.25) is 5.91 Å². The van der Waals surface area contributed by atoms with Crippen molar-refractivity contribution < 1.29 is 9.32 Å². The Morgan fingerprint density at radius 3 is 2.67 bits per heavy atom. The van der Waals surface area contributed by atoms with Crippen LogP contribution in [0.15, 0.2) is 28.8 Å². The van der Waals surface area contributed by atoms with Crippen molar-refractivity contribution in [3.63, 3.8) is 0 Å². The average molecular weight is 307 g/mol. The SMILES string of the molecule is Cc1noc(C)c1CCC(=O)N(C)Cc1ccccc1Cl. The Morgan fingerprint density at radius 2 is 2.05 bits per heavy atom. The van der Waals surface area contributed by atoms with Gasteiger partial charge in [0, 0.05) is 30.6 Å². The van der Waals surface area contributed by atoms with Gasteiger partial charge in [-0.2, -0.15) is 0 Å². The zero-order chi connectivity index (χ0) is 15.4. The molecular weight excluding hydrogens is 288 g/mol. The van der Waals surface area contributed by atoms with Crippen LogP contribution < -0.4 is 0 Å². The molecule has 1 aromatic carbocycles. The lowest BCUT2D eigenvalue weighted by atomic mass is 10.1. The van der Waals surface area contributed by atoms with Gasteiger partial charge in [0.15, 0.2) is 0 Å². The number of hydrogen-bond acceptors (Lipinski definition) is 3. The molecule has 1 heterocycles. The monoisotopic (exact) mass is 306 g/mol. The van der Waals surface area contributed by atoms with Crippen molar-refractivity contribution in [3.8, 4) is 0 Å². The number of rotatable bonds is 5. The fraction of sp³-hybridized carbons (Fsp3) is 0.375. The minimum absolute atomic E-state index is 0.0786. The molecule has 0 saturated heterocycles. The van der Waals surface area contributed by atoms with Crippen LogP contribution in [0, 0.1) is 13.8 Å². The molecule has 5 heteroatoms. The third kappa shape index (κ3) is 3.85. The minimum Gasteiger partial charge on any atom is -0.361 e. The second-order valence-electron chi connectivity index (χ2n) is 5.14. The molecule has 1 amide bonds. The summed E-state index contributed by atoms with van der Waals surface area (Å²) in [6, 6.07) is 7.56. The summed E-state index contributed by atoms with van der Waals surface area (Å²) in [4.78, 5) is 13.9. The molecule has 0 aliphatic heterocycles. The molecule has 0 bridgehead atoms. The number of halogens is 1. The molecule has 2 aromatic rings. The summed E-state index contributed by atoms with van der Waals surface area (Å²) in [6.07, 6.45) is 1.08. The maximum Gasteiger partial charge on any atom is 0.222 e. The highest BCUT2D eigenvalue weighted by Crippen LogP contribution is 2.18. The number of carbonyl (C=O) groups excluding carboxylic acids is 1. The van der Waals surface area contributed by atoms with Gasteiger partial charge in [-0.05, 0) is 31.9 Å². The van der Waals surface area contributed by atoms with Crippen molar-refractivity contribution in [2.75, 3.05) is 7.05 Å². The van der Waals surface area contributed by atoms with Gasteiger partial charge < -0.3 is 9.42 Å². The Kier molecular flexibility index (Phi) is 5.02. The molecular formula is C16H19ClN2O2. The Morgan fingerprint density at radius 1 is 1.33 bits per heavy atom. The van der Waals surface area contributed by atoms with E-state index in [1.165, 1.54) is 0 Å². The second kappa shape index (κ2) is 6.76. The van der Waals surface area contributed by atoms with Gasteiger partial charge in [-0.15, -0.1) is 0 Å². The topological polar surface area (TPSA) is 46.3 Å². The summed E-state index contributed by atoms with van der Waals surface area (Å²) in [5.74, 6) is 0.865. The van der Waals surface area contributed by atoms with Crippen LogP contribution in [0.1, 0.15) is 29.0 Å². The Hall–Kier alpha value is -1.81. The van der Waals surface area contributed by atoms with Gasteiger partial charge >= 0.3 is 0 Å². The molecule has 0 radical (unpaired) electrons. The summed E-state index contributed by atoms with van der Waals surface area (Å²) in [5.41, 5.74) is 2.83. The van der Waals surface area contributed by atoms with E-state index in [1.807, 2.05) is 38.1 Å². The van der Waals surface area contributed by atoms with Crippen LogP contribution in [0.4, 0.5) is 0 Å². The van der Waals surface area contributed by atoms with Crippen LogP contribution in [0.2, 0.25) is 5.02 Å². The predicted octanol–water partition coefficient (Wildman–Crippen LogP) is 3.54. The van der Waals surface area contributed by atoms with Gasteiger partial charge in [0.05, 0.1) is 5.69 Å². The van der Waals surface area contributed by atoms with Gasteiger partial charge in [-0.3, -0.25) is 4.79 Å². The molecule has 0 N–H and O–H groups in total. The smallest absolute Gasteiger partial charge is 0.222 e. The van der Waals surface area contributed by atoms with E-state index in [0.717, 1.165) is 22.6 Å². The number of carbonyl (C=O) groups is 1. The molecule has 0 fully saturated rings. The summed E-state index contributed by atoms with van der Waals surface area (Å²) in [5, 5.41) is 4.58. The van der Waals surface area contributed by atoms with Crippen molar-refractivity contribution in [1.29, 1.82) is 0 Å². The molecule has 0 aliphatic carbocycles. The van der Waals surface area contributed by atoms with Crippen LogP contribution >= 0.6 is 11.6 Å². The number of aromatic nitrogens is 1. The molecule has 0 aliphatic rings. The maximum absolute atomic E-state index is 12.2. The standard InChI is InChI=1S/C16H19ClN2O2/c1-11-14(12(2)21-18-11)8-9-16(20)19(3)10-13-6-4-5-7-15(13)17/h4-7H,8-10H2,1-3H3. The van der Waals surface area contributed by atoms with Gasteiger partial charge in [-0.25, -0.2) is 0 Å². The summed E-state index contributed by atoms with van der Waals surface area (Å²) in [7, 11) is 1.79. The van der Waals surface area contributed by atoms with Gasteiger partial charge in [0.25, 0.3) is 0 Å². The van der Waals surface area contributed by atoms with E-state index in [0.29, 0.717) is 24.4 Å². The summed E-state index contributed by atoms with van der Waals surface area (Å²) >= 11 is 6.11. The normalized spacial score (nSPS) is 10.7. The van der Waals surface area contributed by atoms with E-state index in [9.17, 15) is 4.79 Å². The van der Waals surface area contributed by atoms with E-state index in [2.05, 4.69) is 5.16 Å². The van der Waals surface area contributed by atoms with Crippen molar-refractivity contribution in [3.05, 3.63) is 51.9 Å². The maximum atomic E-state index is 12.2. The quantitative estimate of drug-likeness (QED) is 0.849. The van der Waals surface area contributed by atoms with Crippen molar-refractivity contribution >= 4 is 17.5 Å². The van der Waals surface area contributed by atoms with Crippen LogP contribution in [0.25, 0.3) is 0 Å². The van der Waals surface area contributed by atoms with E-state index < -0.39 is 0 Å². The van der Waals surface area contributed by atoms with E-state index >= 15 is 0 Å². The Bertz CT molecular complexity index is 617. The van der Waals surface area contributed by atoms with Crippen LogP contribution in [-0.4, -0.2) is 23.0 Å². The number of hydrogen-bond donors (Lipinski definition) is 0. The predicted molar refractivity (Wildman–Crippen MR) is 82.2 cm³/mol. The number of benzene rings is 1. The van der Waals surface area contributed by atoms with Crippen LogP contribution in [-0.2, 0) is 17.8 Å². The second-order valence-corrected chi connectivity index (χ2v) is 5.55. The lowest BCUT2D eigenvalue weighted by Crippen LogP contribution is -2.26. The molecule has 1 aromatic heterocycles. The molecule has 4 nitrogen and oxygen atoms in total. The highest BCUT2D eigenvalue weighted by atomic mass is 35.5. The molecule has 0 unspecified atom stereocenters. The molecule has 0 saturated carbocycles. The first-order valence-electron chi connectivity index (χ1n) is 6.88. The van der Waals surface area contributed by atoms with Crippen molar-refractivity contribution in [1.82, 2.24) is 10.1 Å². The fourth-order valence-corrected chi connectivity index (χ4v) is 2.45. The molecule has 0 spiro atoms. The summed E-state index contributed by atoms with van der Waals surface area (Å²) < 4.78 is 5.11. The Labute approximate surface area is 129 Å². The van der Waals surface area contributed by atoms with E-state index in [-0.39, 0.29) is 5.91 Å². The minimum atomic E-state index is 0.0786. The number of aryl methyl sites for hydroxylation is 2. The summed E-state index contributed by atoms with van der Waals surface area (Å²) in [6.45, 7) is 4.27. The Balaban J connectivity index is 1.93. The largest absolute Gasteiger partial charge is 0.361 e. The van der Waals surface area contributed by atoms with Crippen molar-refractivity contribution in [2.24, 2.45) is 0 Å². The zero-order valence-electron chi connectivity index (χ0n) is 12.5. The van der Waals surface area contributed by atoms with Crippen LogP contribution in [0.3, 0.4) is 0 Å². The number of nitrogens with zero attached hydrogens (tertiary/aromatic N) is 2. The highest BCUT2D eigenvalue weighted by Gasteiger charge is 2.14. The average Bonchev–Trinajstić information content (AvgIpc) is 2.78. The van der Waals surface area contributed by atoms with Crippen molar-refractivity contribution in [2.45, 2.75) is 33.2 Å². The van der Waals surface area contributed by atoms with E-state index in [4.69, 9.17) is 16.1 Å². The molecule has 2 rings (SSSR count). The molecule has 21 heavy (non-hydrogen) atoms. The first-order chi connectivity index (χ1) is 9.99. The third-order valence-electron chi connectivity index (χ3n) is 3.56. The molecule has 0 atom stereocenters. The zero-order valence-corrected chi connectivity index (χ0v) is 13.3. The third-order valence-corrected chi connectivity index (χ3v) is 3.93. The lowest BCUT2D eigenvalue weighted by Gasteiger charge is -2.18. The van der Waals surface area contributed by atoms with Gasteiger partial charge in [0.1, 0.15) is 5.76 Å². The van der Waals surface area contributed by atoms with Crippen LogP contribution in [0.5, 0.6) is 0 Å². The lowest BCUT2D eigenvalue weighted by molar-refractivity contribution is -0.130. The van der Waals surface area contributed by atoms with Gasteiger partial charge in [-0.1, -0.05) is 35.0 Å². The first kappa shape index (κ1) is 15.6.